The van der Waals surface area contributed by atoms with Crippen molar-refractivity contribution in [2.75, 3.05) is 6.61 Å². The molecule has 26 heavy (non-hydrogen) atoms. The van der Waals surface area contributed by atoms with E-state index < -0.39 is 18.2 Å². The first-order valence-corrected chi connectivity index (χ1v) is 8.95. The lowest BCUT2D eigenvalue weighted by atomic mass is 9.78. The van der Waals surface area contributed by atoms with Crippen LogP contribution in [-0.2, 0) is 9.53 Å². The second kappa shape index (κ2) is 7.72. The molecular weight excluding hydrogens is 334 g/mol. The van der Waals surface area contributed by atoms with Crippen molar-refractivity contribution in [2.24, 2.45) is 11.8 Å². The number of para-hydroxylation sites is 1. The van der Waals surface area contributed by atoms with Gasteiger partial charge in [0.25, 0.3) is 5.91 Å². The van der Waals surface area contributed by atoms with Gasteiger partial charge in [0.1, 0.15) is 11.1 Å². The molecule has 3 atom stereocenters. The first-order chi connectivity index (χ1) is 12.5. The van der Waals surface area contributed by atoms with Crippen LogP contribution in [0.5, 0.6) is 0 Å². The summed E-state index contributed by atoms with van der Waals surface area (Å²) in [4.78, 5) is 36.2. The highest BCUT2D eigenvalue weighted by Gasteiger charge is 2.28. The molecule has 0 unspecified atom stereocenters. The molecule has 1 heterocycles. The zero-order chi connectivity index (χ0) is 18.7. The Labute approximate surface area is 151 Å². The maximum Gasteiger partial charge on any atom is 0.351 e. The second-order valence-corrected chi connectivity index (χ2v) is 7.00. The van der Waals surface area contributed by atoms with E-state index in [9.17, 15) is 14.4 Å². The highest BCUT2D eigenvalue weighted by atomic mass is 16.5. The summed E-state index contributed by atoms with van der Waals surface area (Å²) in [5, 5.41) is 3.55. The van der Waals surface area contributed by atoms with Crippen LogP contribution in [0, 0.1) is 11.8 Å². The van der Waals surface area contributed by atoms with Crippen molar-refractivity contribution in [1.29, 1.82) is 0 Å². The van der Waals surface area contributed by atoms with E-state index in [1.54, 1.807) is 24.3 Å². The molecule has 0 radical (unpaired) electrons. The SMILES string of the molecule is C[C@H]1[C@@H](NC(=O)COC(=O)c2cc3ccccc3oc2=O)CCC[C@@H]1C. The predicted octanol–water partition coefficient (Wildman–Crippen LogP) is 2.89. The fourth-order valence-corrected chi connectivity index (χ4v) is 3.45. The third-order valence-electron chi connectivity index (χ3n) is 5.25. The van der Waals surface area contributed by atoms with Gasteiger partial charge in [-0.05, 0) is 30.4 Å². The van der Waals surface area contributed by atoms with E-state index in [4.69, 9.17) is 9.15 Å². The third kappa shape index (κ3) is 3.95. The highest BCUT2D eigenvalue weighted by Crippen LogP contribution is 2.29. The zero-order valence-electron chi connectivity index (χ0n) is 15.0. The van der Waals surface area contributed by atoms with Crippen LogP contribution in [0.2, 0.25) is 0 Å². The first kappa shape index (κ1) is 18.2. The largest absolute Gasteiger partial charge is 0.452 e. The molecule has 1 fully saturated rings. The van der Waals surface area contributed by atoms with Gasteiger partial charge in [-0.25, -0.2) is 9.59 Å². The van der Waals surface area contributed by atoms with Crippen molar-refractivity contribution < 1.29 is 18.7 Å². The Morgan fingerprint density at radius 2 is 2.00 bits per heavy atom. The summed E-state index contributed by atoms with van der Waals surface area (Å²) in [6, 6.07) is 8.40. The molecule has 1 aliphatic carbocycles. The van der Waals surface area contributed by atoms with Crippen LogP contribution in [0.1, 0.15) is 43.5 Å². The monoisotopic (exact) mass is 357 g/mol. The molecule has 6 heteroatoms. The Balaban J connectivity index is 1.61. The molecule has 1 aromatic heterocycles. The molecule has 3 rings (SSSR count). The number of ether oxygens (including phenoxy) is 1. The summed E-state index contributed by atoms with van der Waals surface area (Å²) in [6.07, 6.45) is 3.17. The lowest BCUT2D eigenvalue weighted by Gasteiger charge is -2.34. The molecular formula is C20H23NO5. The smallest absolute Gasteiger partial charge is 0.351 e. The molecule has 0 aliphatic heterocycles. The standard InChI is InChI=1S/C20H23NO5/c1-12-6-5-8-16(13(12)2)21-18(22)11-25-19(23)15-10-14-7-3-4-9-17(14)26-20(15)24/h3-4,7,9-10,12-13,16H,5-6,8,11H2,1-2H3,(H,21,22)/t12-,13+,16-/m0/s1. The van der Waals surface area contributed by atoms with E-state index in [-0.39, 0.29) is 17.5 Å². The summed E-state index contributed by atoms with van der Waals surface area (Å²) in [7, 11) is 0. The van der Waals surface area contributed by atoms with Crippen molar-refractivity contribution in [2.45, 2.75) is 39.2 Å². The van der Waals surface area contributed by atoms with Gasteiger partial charge in [-0.15, -0.1) is 0 Å². The number of benzene rings is 1. The van der Waals surface area contributed by atoms with Gasteiger partial charge in [0.05, 0.1) is 0 Å². The molecule has 1 aliphatic rings. The van der Waals surface area contributed by atoms with Gasteiger partial charge in [0, 0.05) is 11.4 Å². The Bertz CT molecular complexity index is 872. The Hall–Kier alpha value is -2.63. The minimum atomic E-state index is -0.857. The summed E-state index contributed by atoms with van der Waals surface area (Å²) in [6.45, 7) is 3.89. The van der Waals surface area contributed by atoms with E-state index in [2.05, 4.69) is 19.2 Å². The molecule has 0 spiro atoms. The maximum absolute atomic E-state index is 12.2. The summed E-state index contributed by atoms with van der Waals surface area (Å²) in [5.41, 5.74) is -0.591. The number of amides is 1. The summed E-state index contributed by atoms with van der Waals surface area (Å²) in [5.74, 6) is -0.269. The quantitative estimate of drug-likeness (QED) is 0.672. The summed E-state index contributed by atoms with van der Waals surface area (Å²) >= 11 is 0. The molecule has 1 saturated carbocycles. The van der Waals surface area contributed by atoms with E-state index in [0.29, 0.717) is 22.8 Å². The highest BCUT2D eigenvalue weighted by molar-refractivity contribution is 5.94. The van der Waals surface area contributed by atoms with Crippen molar-refractivity contribution in [3.8, 4) is 0 Å². The normalized spacial score (nSPS) is 22.8. The van der Waals surface area contributed by atoms with Crippen LogP contribution >= 0.6 is 0 Å². The van der Waals surface area contributed by atoms with Gasteiger partial charge in [-0.2, -0.15) is 0 Å². The molecule has 6 nitrogen and oxygen atoms in total. The van der Waals surface area contributed by atoms with Crippen LogP contribution < -0.4 is 10.9 Å². The average Bonchev–Trinajstić information content (AvgIpc) is 2.63. The Kier molecular flexibility index (Phi) is 5.40. The lowest BCUT2D eigenvalue weighted by molar-refractivity contribution is -0.125. The van der Waals surface area contributed by atoms with Gasteiger partial charge in [-0.1, -0.05) is 44.9 Å². The molecule has 1 N–H and O–H groups in total. The minimum Gasteiger partial charge on any atom is -0.452 e. The van der Waals surface area contributed by atoms with Crippen molar-refractivity contribution >= 4 is 22.8 Å². The van der Waals surface area contributed by atoms with E-state index in [0.717, 1.165) is 12.8 Å². The van der Waals surface area contributed by atoms with Crippen LogP contribution in [0.15, 0.2) is 39.5 Å². The summed E-state index contributed by atoms with van der Waals surface area (Å²) < 4.78 is 10.1. The number of hydrogen-bond acceptors (Lipinski definition) is 5. The van der Waals surface area contributed by atoms with Crippen molar-refractivity contribution in [3.05, 3.63) is 46.3 Å². The Morgan fingerprint density at radius 1 is 1.23 bits per heavy atom. The molecule has 1 aromatic carbocycles. The van der Waals surface area contributed by atoms with Crippen molar-refractivity contribution in [1.82, 2.24) is 5.32 Å². The van der Waals surface area contributed by atoms with Gasteiger partial charge in [0.2, 0.25) is 0 Å². The molecule has 138 valence electrons. The number of carbonyl (C=O) groups excluding carboxylic acids is 2. The topological polar surface area (TPSA) is 85.6 Å². The van der Waals surface area contributed by atoms with Gasteiger partial charge in [0.15, 0.2) is 6.61 Å². The maximum atomic E-state index is 12.2. The number of hydrogen-bond donors (Lipinski definition) is 1. The molecule has 1 amide bonds. The van der Waals surface area contributed by atoms with Gasteiger partial charge >= 0.3 is 11.6 Å². The van der Waals surface area contributed by atoms with Gasteiger partial charge < -0.3 is 14.5 Å². The number of fused-ring (bicyclic) bond motifs is 1. The van der Waals surface area contributed by atoms with Crippen LogP contribution in [-0.4, -0.2) is 24.5 Å². The van der Waals surface area contributed by atoms with E-state index in [1.165, 1.54) is 12.5 Å². The number of esters is 1. The fourth-order valence-electron chi connectivity index (χ4n) is 3.45. The number of carbonyl (C=O) groups is 2. The van der Waals surface area contributed by atoms with E-state index in [1.807, 2.05) is 0 Å². The average molecular weight is 357 g/mol. The van der Waals surface area contributed by atoms with Crippen LogP contribution in [0.4, 0.5) is 0 Å². The number of rotatable bonds is 4. The van der Waals surface area contributed by atoms with Crippen molar-refractivity contribution in [3.63, 3.8) is 0 Å². The molecule has 2 aromatic rings. The second-order valence-electron chi connectivity index (χ2n) is 7.00. The molecule has 0 bridgehead atoms. The van der Waals surface area contributed by atoms with Gasteiger partial charge in [-0.3, -0.25) is 4.79 Å². The van der Waals surface area contributed by atoms with Crippen LogP contribution in [0.3, 0.4) is 0 Å². The van der Waals surface area contributed by atoms with E-state index >= 15 is 0 Å². The predicted molar refractivity (Wildman–Crippen MR) is 96.9 cm³/mol. The first-order valence-electron chi connectivity index (χ1n) is 8.95. The number of nitrogens with one attached hydrogen (secondary N) is 1. The van der Waals surface area contributed by atoms with Crippen LogP contribution in [0.25, 0.3) is 11.0 Å². The minimum absolute atomic E-state index is 0.0932. The third-order valence-corrected chi connectivity index (χ3v) is 5.25. The molecule has 0 saturated heterocycles. The Morgan fingerprint density at radius 3 is 2.81 bits per heavy atom. The lowest BCUT2D eigenvalue weighted by Crippen LogP contribution is -2.45. The fraction of sp³-hybridized carbons (Fsp3) is 0.450. The zero-order valence-corrected chi connectivity index (χ0v) is 15.0.